The van der Waals surface area contributed by atoms with Gasteiger partial charge in [-0.3, -0.25) is 0 Å². The number of halogens is 1. The van der Waals surface area contributed by atoms with Crippen LogP contribution in [0.15, 0.2) is 48.5 Å². The predicted molar refractivity (Wildman–Crippen MR) is 75.7 cm³/mol. The molecule has 0 saturated carbocycles. The van der Waals surface area contributed by atoms with Crippen molar-refractivity contribution in [3.05, 3.63) is 65.5 Å². The number of nitrogens with zero attached hydrogens (tertiary/aromatic N) is 1. The fraction of sp³-hybridized carbons (Fsp3) is 0.250. The Morgan fingerprint density at radius 2 is 1.79 bits per heavy atom. The number of likely N-dealkylation sites (N-methyl/N-ethyl adjacent to an activating group) is 1. The largest absolute Gasteiger partial charge is 0.392 e. The van der Waals surface area contributed by atoms with Crippen molar-refractivity contribution < 1.29 is 9.50 Å². The predicted octanol–water partition coefficient (Wildman–Crippen LogP) is 3.00. The van der Waals surface area contributed by atoms with Crippen LogP contribution < -0.4 is 4.90 Å². The molecule has 0 radical (unpaired) electrons. The van der Waals surface area contributed by atoms with Gasteiger partial charge in [0.2, 0.25) is 0 Å². The number of anilines is 1. The lowest BCUT2D eigenvalue weighted by atomic mass is 10.1. The summed E-state index contributed by atoms with van der Waals surface area (Å²) < 4.78 is 13.9. The van der Waals surface area contributed by atoms with E-state index < -0.39 is 0 Å². The average Bonchev–Trinajstić information content (AvgIpc) is 2.45. The molecule has 0 aromatic heterocycles. The van der Waals surface area contributed by atoms with Crippen LogP contribution in [0.25, 0.3) is 0 Å². The fourth-order valence-corrected chi connectivity index (χ4v) is 2.02. The minimum atomic E-state index is -0.290. The van der Waals surface area contributed by atoms with Gasteiger partial charge in [-0.05, 0) is 29.7 Å². The van der Waals surface area contributed by atoms with Gasteiger partial charge in [-0.1, -0.05) is 36.4 Å². The third-order valence-electron chi connectivity index (χ3n) is 3.18. The maximum atomic E-state index is 13.9. The first-order valence-electron chi connectivity index (χ1n) is 6.35. The van der Waals surface area contributed by atoms with Crippen molar-refractivity contribution in [2.45, 2.75) is 13.0 Å². The number of hydrogen-bond donors (Lipinski definition) is 1. The first-order chi connectivity index (χ1) is 9.20. The van der Waals surface area contributed by atoms with E-state index in [0.29, 0.717) is 11.3 Å². The molecule has 100 valence electrons. The highest BCUT2D eigenvalue weighted by Gasteiger charge is 2.08. The monoisotopic (exact) mass is 259 g/mol. The summed E-state index contributed by atoms with van der Waals surface area (Å²) in [4.78, 5) is 1.89. The van der Waals surface area contributed by atoms with Crippen molar-refractivity contribution in [1.82, 2.24) is 0 Å². The third-order valence-corrected chi connectivity index (χ3v) is 3.18. The molecular formula is C16H18FNO. The first kappa shape index (κ1) is 13.6. The molecule has 0 aliphatic rings. The molecule has 19 heavy (non-hydrogen) atoms. The van der Waals surface area contributed by atoms with Crippen LogP contribution in [0.3, 0.4) is 0 Å². The molecule has 0 amide bonds. The lowest BCUT2D eigenvalue weighted by Gasteiger charge is -2.20. The highest BCUT2D eigenvalue weighted by molar-refractivity contribution is 5.48. The number of aliphatic hydroxyl groups is 1. The summed E-state index contributed by atoms with van der Waals surface area (Å²) in [5.41, 5.74) is 2.40. The van der Waals surface area contributed by atoms with E-state index in [-0.39, 0.29) is 12.4 Å². The zero-order chi connectivity index (χ0) is 13.7. The molecule has 0 spiro atoms. The Balaban J connectivity index is 2.02. The van der Waals surface area contributed by atoms with E-state index in [1.807, 2.05) is 30.1 Å². The van der Waals surface area contributed by atoms with E-state index in [2.05, 4.69) is 12.1 Å². The van der Waals surface area contributed by atoms with Gasteiger partial charge in [0.15, 0.2) is 0 Å². The lowest BCUT2D eigenvalue weighted by Crippen LogP contribution is -2.21. The molecule has 3 heteroatoms. The molecule has 0 bridgehead atoms. The van der Waals surface area contributed by atoms with Crippen molar-refractivity contribution in [1.29, 1.82) is 0 Å². The topological polar surface area (TPSA) is 23.5 Å². The Kier molecular flexibility index (Phi) is 4.53. The Bertz CT molecular complexity index is 528. The van der Waals surface area contributed by atoms with Crippen LogP contribution in [-0.2, 0) is 13.0 Å². The van der Waals surface area contributed by atoms with Crippen LogP contribution in [0.5, 0.6) is 0 Å². The first-order valence-corrected chi connectivity index (χ1v) is 6.35. The highest BCUT2D eigenvalue weighted by atomic mass is 19.1. The van der Waals surface area contributed by atoms with Crippen molar-refractivity contribution in [2.75, 3.05) is 18.5 Å². The molecular weight excluding hydrogens is 241 g/mol. The minimum Gasteiger partial charge on any atom is -0.392 e. The van der Waals surface area contributed by atoms with Gasteiger partial charge in [0, 0.05) is 13.6 Å². The van der Waals surface area contributed by atoms with Gasteiger partial charge in [-0.25, -0.2) is 4.39 Å². The second-order valence-electron chi connectivity index (χ2n) is 4.60. The number of rotatable bonds is 5. The Morgan fingerprint density at radius 3 is 2.42 bits per heavy atom. The molecule has 0 aliphatic carbocycles. The summed E-state index contributed by atoms with van der Waals surface area (Å²) in [5, 5.41) is 8.96. The Labute approximate surface area is 113 Å². The molecule has 2 aromatic rings. The summed E-state index contributed by atoms with van der Waals surface area (Å²) in [5.74, 6) is -0.290. The third kappa shape index (κ3) is 3.55. The van der Waals surface area contributed by atoms with E-state index in [1.54, 1.807) is 12.1 Å². The summed E-state index contributed by atoms with van der Waals surface area (Å²) in [7, 11) is 1.87. The summed E-state index contributed by atoms with van der Waals surface area (Å²) in [6.45, 7) is 0.615. The minimum absolute atomic E-state index is 0.134. The SMILES string of the molecule is CN(CCc1ccccc1)c1ccc(CO)cc1F. The molecule has 2 aromatic carbocycles. The van der Waals surface area contributed by atoms with Crippen LogP contribution in [0.1, 0.15) is 11.1 Å². The quantitative estimate of drug-likeness (QED) is 0.892. The Hall–Kier alpha value is -1.87. The molecule has 0 heterocycles. The van der Waals surface area contributed by atoms with Gasteiger partial charge in [0.25, 0.3) is 0 Å². The standard InChI is InChI=1S/C16H18FNO/c1-18(10-9-13-5-3-2-4-6-13)16-8-7-14(12-19)11-15(16)17/h2-8,11,19H,9-10,12H2,1H3. The van der Waals surface area contributed by atoms with Gasteiger partial charge >= 0.3 is 0 Å². The average molecular weight is 259 g/mol. The van der Waals surface area contributed by atoms with E-state index in [4.69, 9.17) is 5.11 Å². The van der Waals surface area contributed by atoms with Crippen molar-refractivity contribution in [3.63, 3.8) is 0 Å². The molecule has 0 aliphatic heterocycles. The van der Waals surface area contributed by atoms with Gasteiger partial charge in [-0.15, -0.1) is 0 Å². The number of hydrogen-bond acceptors (Lipinski definition) is 2. The normalized spacial score (nSPS) is 10.5. The number of aliphatic hydroxyl groups excluding tert-OH is 1. The van der Waals surface area contributed by atoms with E-state index >= 15 is 0 Å². The van der Waals surface area contributed by atoms with Crippen molar-refractivity contribution in [3.8, 4) is 0 Å². The molecule has 0 saturated heterocycles. The van der Waals surface area contributed by atoms with Crippen LogP contribution in [0, 0.1) is 5.82 Å². The summed E-state index contributed by atoms with van der Waals surface area (Å²) >= 11 is 0. The Morgan fingerprint density at radius 1 is 1.05 bits per heavy atom. The molecule has 0 fully saturated rings. The lowest BCUT2D eigenvalue weighted by molar-refractivity contribution is 0.281. The highest BCUT2D eigenvalue weighted by Crippen LogP contribution is 2.19. The van der Waals surface area contributed by atoms with E-state index in [1.165, 1.54) is 11.6 Å². The van der Waals surface area contributed by atoms with Crippen LogP contribution in [0.4, 0.5) is 10.1 Å². The zero-order valence-corrected chi connectivity index (χ0v) is 11.0. The van der Waals surface area contributed by atoms with Crippen molar-refractivity contribution in [2.24, 2.45) is 0 Å². The number of benzene rings is 2. The fourth-order valence-electron chi connectivity index (χ4n) is 2.02. The maximum Gasteiger partial charge on any atom is 0.146 e. The molecule has 0 unspecified atom stereocenters. The zero-order valence-electron chi connectivity index (χ0n) is 11.0. The second kappa shape index (κ2) is 6.34. The van der Waals surface area contributed by atoms with Crippen LogP contribution >= 0.6 is 0 Å². The van der Waals surface area contributed by atoms with E-state index in [0.717, 1.165) is 13.0 Å². The van der Waals surface area contributed by atoms with Gasteiger partial charge in [0.05, 0.1) is 12.3 Å². The smallest absolute Gasteiger partial charge is 0.146 e. The summed E-state index contributed by atoms with van der Waals surface area (Å²) in [6, 6.07) is 15.0. The van der Waals surface area contributed by atoms with Gasteiger partial charge in [-0.2, -0.15) is 0 Å². The van der Waals surface area contributed by atoms with Crippen LogP contribution in [-0.4, -0.2) is 18.7 Å². The van der Waals surface area contributed by atoms with Gasteiger partial charge in [0.1, 0.15) is 5.82 Å². The van der Waals surface area contributed by atoms with E-state index in [9.17, 15) is 4.39 Å². The second-order valence-corrected chi connectivity index (χ2v) is 4.60. The molecule has 0 atom stereocenters. The summed E-state index contributed by atoms with van der Waals surface area (Å²) in [6.07, 6.45) is 0.874. The van der Waals surface area contributed by atoms with Crippen molar-refractivity contribution >= 4 is 5.69 Å². The van der Waals surface area contributed by atoms with Crippen LogP contribution in [0.2, 0.25) is 0 Å². The molecule has 2 nitrogen and oxygen atoms in total. The van der Waals surface area contributed by atoms with Gasteiger partial charge < -0.3 is 10.0 Å². The maximum absolute atomic E-state index is 13.9. The molecule has 1 N–H and O–H groups in total. The molecule has 2 rings (SSSR count).